The fourth-order valence-corrected chi connectivity index (χ4v) is 3.17. The van der Waals surface area contributed by atoms with Crippen molar-refractivity contribution in [1.29, 1.82) is 0 Å². The van der Waals surface area contributed by atoms with Crippen molar-refractivity contribution < 1.29 is 19.0 Å². The summed E-state index contributed by atoms with van der Waals surface area (Å²) in [6.45, 7) is 5.19. The molecule has 1 unspecified atom stereocenters. The number of carbonyl (C=O) groups excluding carboxylic acids is 1. The Kier molecular flexibility index (Phi) is 7.85. The van der Waals surface area contributed by atoms with Gasteiger partial charge in [0.25, 0.3) is 0 Å². The predicted octanol–water partition coefficient (Wildman–Crippen LogP) is 2.22. The number of carbonyl (C=O) groups is 1. The zero-order chi connectivity index (χ0) is 18.1. The summed E-state index contributed by atoms with van der Waals surface area (Å²) in [5.41, 5.74) is 0. The molecular weight excluding hydrogens is 320 g/mol. The van der Waals surface area contributed by atoms with Crippen molar-refractivity contribution in [2.45, 2.75) is 26.2 Å². The third-order valence-electron chi connectivity index (χ3n) is 4.71. The van der Waals surface area contributed by atoms with Crippen molar-refractivity contribution in [2.24, 2.45) is 11.8 Å². The van der Waals surface area contributed by atoms with Crippen molar-refractivity contribution in [2.75, 3.05) is 40.5 Å². The number of piperidine rings is 1. The van der Waals surface area contributed by atoms with Crippen LogP contribution in [0, 0.1) is 11.8 Å². The monoisotopic (exact) mass is 350 g/mol. The molecule has 1 aromatic rings. The predicted molar refractivity (Wildman–Crippen MR) is 97.4 cm³/mol. The third-order valence-corrected chi connectivity index (χ3v) is 4.71. The van der Waals surface area contributed by atoms with Crippen LogP contribution < -0.4 is 24.8 Å². The number of rotatable bonds is 9. The largest absolute Gasteiger partial charge is 0.496 e. The zero-order valence-electron chi connectivity index (χ0n) is 15.5. The fraction of sp³-hybridized carbons (Fsp3) is 0.632. The average molecular weight is 350 g/mol. The first-order chi connectivity index (χ1) is 12.1. The van der Waals surface area contributed by atoms with Crippen molar-refractivity contribution >= 4 is 5.91 Å². The van der Waals surface area contributed by atoms with Gasteiger partial charge in [0.05, 0.1) is 20.8 Å². The summed E-state index contributed by atoms with van der Waals surface area (Å²) < 4.78 is 16.1. The van der Waals surface area contributed by atoms with Crippen LogP contribution in [0.2, 0.25) is 0 Å². The Morgan fingerprint density at radius 1 is 1.16 bits per heavy atom. The second-order valence-electron chi connectivity index (χ2n) is 6.52. The Bertz CT molecular complexity index is 522. The minimum atomic E-state index is 0.0952. The van der Waals surface area contributed by atoms with Gasteiger partial charge in [-0.1, -0.05) is 6.92 Å². The van der Waals surface area contributed by atoms with Crippen LogP contribution in [-0.2, 0) is 4.79 Å². The van der Waals surface area contributed by atoms with E-state index in [-0.39, 0.29) is 5.91 Å². The van der Waals surface area contributed by atoms with Gasteiger partial charge in [0.2, 0.25) is 5.91 Å². The Labute approximate surface area is 150 Å². The standard InChI is InChI=1S/C19H30N2O4/c1-14(15-4-6-20-7-5-15)10-19(22)21-8-9-25-18-12-16(23-2)11-17(13-18)24-3/h11-15,20H,4-10H2,1-3H3,(H,21,22). The van der Waals surface area contributed by atoms with E-state index >= 15 is 0 Å². The minimum Gasteiger partial charge on any atom is -0.496 e. The summed E-state index contributed by atoms with van der Waals surface area (Å²) in [6, 6.07) is 5.38. The number of ether oxygens (including phenoxy) is 3. The molecule has 1 heterocycles. The number of methoxy groups -OCH3 is 2. The first-order valence-corrected chi connectivity index (χ1v) is 8.95. The second kappa shape index (κ2) is 10.1. The van der Waals surface area contributed by atoms with Crippen LogP contribution in [0.4, 0.5) is 0 Å². The van der Waals surface area contributed by atoms with E-state index in [9.17, 15) is 4.79 Å². The molecule has 0 bridgehead atoms. The minimum absolute atomic E-state index is 0.0952. The lowest BCUT2D eigenvalue weighted by Crippen LogP contribution is -2.34. The highest BCUT2D eigenvalue weighted by Gasteiger charge is 2.21. The van der Waals surface area contributed by atoms with E-state index < -0.39 is 0 Å². The van der Waals surface area contributed by atoms with Crippen molar-refractivity contribution in [1.82, 2.24) is 10.6 Å². The number of hydrogen-bond acceptors (Lipinski definition) is 5. The lowest BCUT2D eigenvalue weighted by Gasteiger charge is -2.27. The normalized spacial score (nSPS) is 16.1. The van der Waals surface area contributed by atoms with Crippen LogP contribution in [0.15, 0.2) is 18.2 Å². The maximum Gasteiger partial charge on any atom is 0.220 e. The molecule has 1 aliphatic rings. The molecule has 1 aliphatic heterocycles. The second-order valence-corrected chi connectivity index (χ2v) is 6.52. The maximum atomic E-state index is 12.1. The molecule has 0 radical (unpaired) electrons. The number of hydrogen-bond donors (Lipinski definition) is 2. The van der Waals surface area contributed by atoms with Gasteiger partial charge in [-0.25, -0.2) is 0 Å². The molecule has 1 amide bonds. The summed E-state index contributed by atoms with van der Waals surface area (Å²) in [5.74, 6) is 3.17. The Balaban J connectivity index is 1.69. The van der Waals surface area contributed by atoms with Gasteiger partial charge in [0, 0.05) is 24.6 Å². The lowest BCUT2D eigenvalue weighted by atomic mass is 9.84. The average Bonchev–Trinajstić information content (AvgIpc) is 2.65. The topological polar surface area (TPSA) is 68.8 Å². The molecule has 140 valence electrons. The van der Waals surface area contributed by atoms with E-state index in [1.54, 1.807) is 32.4 Å². The molecule has 6 heteroatoms. The number of amides is 1. The lowest BCUT2D eigenvalue weighted by molar-refractivity contribution is -0.122. The SMILES string of the molecule is COc1cc(OC)cc(OCCNC(=O)CC(C)C2CCNCC2)c1. The number of nitrogens with one attached hydrogen (secondary N) is 2. The van der Waals surface area contributed by atoms with E-state index in [4.69, 9.17) is 14.2 Å². The van der Waals surface area contributed by atoms with Gasteiger partial charge >= 0.3 is 0 Å². The van der Waals surface area contributed by atoms with Gasteiger partial charge in [-0.3, -0.25) is 4.79 Å². The van der Waals surface area contributed by atoms with Crippen molar-refractivity contribution in [3.05, 3.63) is 18.2 Å². The van der Waals surface area contributed by atoms with Crippen LogP contribution >= 0.6 is 0 Å². The summed E-state index contributed by atoms with van der Waals surface area (Å²) in [6.07, 6.45) is 2.90. The molecule has 1 atom stereocenters. The first-order valence-electron chi connectivity index (χ1n) is 8.95. The summed E-state index contributed by atoms with van der Waals surface area (Å²) in [5, 5.41) is 6.30. The Morgan fingerprint density at radius 3 is 2.36 bits per heavy atom. The van der Waals surface area contributed by atoms with E-state index in [1.807, 2.05) is 0 Å². The molecule has 1 saturated heterocycles. The summed E-state index contributed by atoms with van der Waals surface area (Å²) in [4.78, 5) is 12.1. The van der Waals surface area contributed by atoms with E-state index in [2.05, 4.69) is 17.6 Å². The van der Waals surface area contributed by atoms with Gasteiger partial charge in [0.1, 0.15) is 23.9 Å². The quantitative estimate of drug-likeness (QED) is 0.669. The smallest absolute Gasteiger partial charge is 0.220 e. The molecule has 0 spiro atoms. The molecule has 0 aromatic heterocycles. The van der Waals surface area contributed by atoms with Gasteiger partial charge in [0.15, 0.2) is 0 Å². The Hall–Kier alpha value is -1.95. The third kappa shape index (κ3) is 6.46. The van der Waals surface area contributed by atoms with Crippen LogP contribution in [0.5, 0.6) is 17.2 Å². The van der Waals surface area contributed by atoms with Crippen molar-refractivity contribution in [3.63, 3.8) is 0 Å². The van der Waals surface area contributed by atoms with E-state index in [0.29, 0.717) is 48.7 Å². The molecule has 25 heavy (non-hydrogen) atoms. The molecule has 2 rings (SSSR count). The zero-order valence-corrected chi connectivity index (χ0v) is 15.5. The van der Waals surface area contributed by atoms with Crippen LogP contribution in [0.3, 0.4) is 0 Å². The Morgan fingerprint density at radius 2 is 1.76 bits per heavy atom. The highest BCUT2D eigenvalue weighted by atomic mass is 16.5. The van der Waals surface area contributed by atoms with Gasteiger partial charge in [-0.15, -0.1) is 0 Å². The van der Waals surface area contributed by atoms with Crippen LogP contribution in [0.25, 0.3) is 0 Å². The molecular formula is C19H30N2O4. The fourth-order valence-electron chi connectivity index (χ4n) is 3.17. The highest BCUT2D eigenvalue weighted by Crippen LogP contribution is 2.27. The van der Waals surface area contributed by atoms with Gasteiger partial charge in [-0.2, -0.15) is 0 Å². The molecule has 0 saturated carbocycles. The summed E-state index contributed by atoms with van der Waals surface area (Å²) >= 11 is 0. The van der Waals surface area contributed by atoms with Crippen LogP contribution in [-0.4, -0.2) is 46.4 Å². The molecule has 2 N–H and O–H groups in total. The van der Waals surface area contributed by atoms with Crippen molar-refractivity contribution in [3.8, 4) is 17.2 Å². The van der Waals surface area contributed by atoms with Crippen LogP contribution in [0.1, 0.15) is 26.2 Å². The van der Waals surface area contributed by atoms with E-state index in [1.165, 1.54) is 0 Å². The van der Waals surface area contributed by atoms with Gasteiger partial charge in [-0.05, 0) is 37.8 Å². The molecule has 0 aliphatic carbocycles. The molecule has 1 fully saturated rings. The van der Waals surface area contributed by atoms with Gasteiger partial charge < -0.3 is 24.8 Å². The molecule has 6 nitrogen and oxygen atoms in total. The number of benzene rings is 1. The van der Waals surface area contributed by atoms with E-state index in [0.717, 1.165) is 25.9 Å². The molecule has 1 aromatic carbocycles. The summed E-state index contributed by atoms with van der Waals surface area (Å²) in [7, 11) is 3.20. The highest BCUT2D eigenvalue weighted by molar-refractivity contribution is 5.76. The maximum absolute atomic E-state index is 12.1. The first kappa shape index (κ1) is 19.4.